The highest BCUT2D eigenvalue weighted by molar-refractivity contribution is 7.59. The summed E-state index contributed by atoms with van der Waals surface area (Å²) < 4.78 is 5.48. The second-order valence-corrected chi connectivity index (χ2v) is 18.7. The van der Waals surface area contributed by atoms with Gasteiger partial charge in [-0.05, 0) is 117 Å². The smallest absolute Gasteiger partial charge is 0.410 e. The van der Waals surface area contributed by atoms with Crippen LogP contribution in [0.4, 0.5) is 14.4 Å². The van der Waals surface area contributed by atoms with Crippen LogP contribution in [0.25, 0.3) is 0 Å². The van der Waals surface area contributed by atoms with Crippen molar-refractivity contribution in [1.29, 1.82) is 0 Å². The number of hydrogen-bond donors (Lipinski definition) is 1. The van der Waals surface area contributed by atoms with Crippen molar-refractivity contribution in [3.8, 4) is 0 Å². The van der Waals surface area contributed by atoms with Crippen molar-refractivity contribution in [1.82, 2.24) is 39.6 Å². The SMILES string of the molecule is C.C.CC1CCC(N2CC[C@@H](N(C)C(=O)N3CC[C@H](N(C)C(=O)OC(C)(C)C)C3)C2)CC1.CN[C@H]1CCN(C(=O)N(C)[C@@H]2CCN(C3CCC(C)CC3)C2)C1.S.S. The Labute approximate surface area is 363 Å². The van der Waals surface area contributed by atoms with Gasteiger partial charge >= 0.3 is 18.2 Å². The predicted molar refractivity (Wildman–Crippen MR) is 246 cm³/mol. The lowest BCUT2D eigenvalue weighted by Gasteiger charge is -2.35. The molecule has 4 aliphatic heterocycles. The average molecular weight is 845 g/mol. The lowest BCUT2D eigenvalue weighted by molar-refractivity contribution is 0.0228. The number of rotatable bonds is 6. The summed E-state index contributed by atoms with van der Waals surface area (Å²) in [5.41, 5.74) is -0.510. The van der Waals surface area contributed by atoms with E-state index < -0.39 is 5.60 Å². The number of nitrogens with one attached hydrogen (secondary N) is 1. The lowest BCUT2D eigenvalue weighted by atomic mass is 9.87. The molecule has 0 aromatic carbocycles. The van der Waals surface area contributed by atoms with Crippen LogP contribution in [-0.2, 0) is 4.74 Å². The minimum atomic E-state index is -0.510. The van der Waals surface area contributed by atoms with E-state index in [1.54, 1.807) is 11.9 Å². The van der Waals surface area contributed by atoms with E-state index in [1.165, 1.54) is 57.9 Å². The zero-order valence-corrected chi connectivity index (χ0v) is 38.0. The fraction of sp³-hybridized carbons (Fsp3) is 0.930. The molecule has 12 nitrogen and oxygen atoms in total. The monoisotopic (exact) mass is 845 g/mol. The fourth-order valence-corrected chi connectivity index (χ4v) is 9.69. The van der Waals surface area contributed by atoms with Crippen molar-refractivity contribution < 1.29 is 19.1 Å². The van der Waals surface area contributed by atoms with Crippen molar-refractivity contribution >= 4 is 45.1 Å². The minimum absolute atomic E-state index is 0. The van der Waals surface area contributed by atoms with Gasteiger partial charge in [-0.15, -0.1) is 0 Å². The molecular formula is C43H88N8O4S2. The van der Waals surface area contributed by atoms with Gasteiger partial charge in [0, 0.05) is 104 Å². The van der Waals surface area contributed by atoms with Crippen molar-refractivity contribution in [2.45, 2.75) is 168 Å². The third-order valence-electron chi connectivity index (χ3n) is 13.6. The molecule has 6 fully saturated rings. The van der Waals surface area contributed by atoms with Crippen LogP contribution in [0, 0.1) is 11.8 Å². The van der Waals surface area contributed by atoms with Crippen LogP contribution < -0.4 is 5.32 Å². The molecule has 0 radical (unpaired) electrons. The van der Waals surface area contributed by atoms with E-state index in [9.17, 15) is 14.4 Å². The molecule has 5 amide bonds. The first kappa shape index (κ1) is 53.4. The molecule has 4 heterocycles. The maximum absolute atomic E-state index is 13.1. The molecule has 4 atom stereocenters. The number of amides is 5. The summed E-state index contributed by atoms with van der Waals surface area (Å²) in [6.45, 7) is 17.7. The number of carbonyl (C=O) groups excluding carboxylic acids is 3. The summed E-state index contributed by atoms with van der Waals surface area (Å²) in [6.07, 6.45) is 14.5. The fourth-order valence-electron chi connectivity index (χ4n) is 9.69. The predicted octanol–water partition coefficient (Wildman–Crippen LogP) is 7.12. The van der Waals surface area contributed by atoms with Gasteiger partial charge in [0.05, 0.1) is 6.04 Å². The number of nitrogens with zero attached hydrogens (tertiary/aromatic N) is 7. The highest BCUT2D eigenvalue weighted by Crippen LogP contribution is 2.32. The summed E-state index contributed by atoms with van der Waals surface area (Å²) >= 11 is 0. The lowest BCUT2D eigenvalue weighted by Crippen LogP contribution is -2.48. The van der Waals surface area contributed by atoms with Gasteiger partial charge in [0.2, 0.25) is 0 Å². The molecule has 0 aromatic rings. The number of likely N-dealkylation sites (N-methyl/N-ethyl adjacent to an activating group) is 4. The Kier molecular flexibility index (Phi) is 22.5. The molecule has 0 bridgehead atoms. The molecule has 6 aliphatic rings. The first-order chi connectivity index (χ1) is 25.1. The van der Waals surface area contributed by atoms with Gasteiger partial charge in [-0.3, -0.25) is 9.80 Å². The minimum Gasteiger partial charge on any atom is -0.444 e. The van der Waals surface area contributed by atoms with Gasteiger partial charge in [-0.2, -0.15) is 27.0 Å². The maximum atomic E-state index is 13.1. The van der Waals surface area contributed by atoms with Gasteiger partial charge in [0.25, 0.3) is 0 Å². The summed E-state index contributed by atoms with van der Waals surface area (Å²) in [7, 11) is 7.72. The van der Waals surface area contributed by atoms with Crippen LogP contribution in [-0.4, -0.2) is 175 Å². The topological polar surface area (TPSA) is 95.1 Å². The molecule has 14 heteroatoms. The van der Waals surface area contributed by atoms with Gasteiger partial charge in [-0.25, -0.2) is 14.4 Å². The summed E-state index contributed by atoms with van der Waals surface area (Å²) in [5.74, 6) is 1.77. The summed E-state index contributed by atoms with van der Waals surface area (Å²) in [4.78, 5) is 53.0. The van der Waals surface area contributed by atoms with Crippen LogP contribution in [0.15, 0.2) is 0 Å². The number of urea groups is 2. The third kappa shape index (κ3) is 14.5. The molecule has 6 rings (SSSR count). The molecule has 2 saturated carbocycles. The standard InChI is InChI=1S/C23H42N4O3.C18H34N4O.2CH4.2H2S/c1-17-7-9-18(10-8-17)26-13-11-19(15-26)24(5)21(28)27-14-12-20(16-27)25(6)22(29)30-23(2,3)4;1-14-4-6-16(7-5-14)21-11-9-17(13-21)20(3)18(23)22-10-8-15(12-22)19-2;;;;/h17-20H,7-16H2,1-6H3;14-17,19H,4-13H2,1-3H3;2*1H4;2*1H2/t17?,18?,19-,20+;14?,15-,16?,17+;;;;/m10..../s1. The Morgan fingerprint density at radius 2 is 0.947 bits per heavy atom. The Morgan fingerprint density at radius 1 is 0.561 bits per heavy atom. The van der Waals surface area contributed by atoms with Crippen molar-refractivity contribution in [2.75, 3.05) is 80.5 Å². The highest BCUT2D eigenvalue weighted by atomic mass is 32.1. The molecular weight excluding hydrogens is 757 g/mol. The van der Waals surface area contributed by atoms with Gasteiger partial charge in [0.15, 0.2) is 0 Å². The molecule has 0 aromatic heterocycles. The van der Waals surface area contributed by atoms with E-state index in [0.717, 1.165) is 76.3 Å². The number of hydrogen-bond acceptors (Lipinski definition) is 7. The summed E-state index contributed by atoms with van der Waals surface area (Å²) in [6, 6.07) is 2.97. The Hall–Kier alpha value is -1.61. The van der Waals surface area contributed by atoms with Crippen LogP contribution >= 0.6 is 27.0 Å². The summed E-state index contributed by atoms with van der Waals surface area (Å²) in [5, 5.41) is 3.29. The zero-order valence-electron chi connectivity index (χ0n) is 36.0. The van der Waals surface area contributed by atoms with E-state index in [0.29, 0.717) is 37.3 Å². The maximum Gasteiger partial charge on any atom is 0.410 e. The molecule has 57 heavy (non-hydrogen) atoms. The van der Waals surface area contributed by atoms with Crippen LogP contribution in [0.5, 0.6) is 0 Å². The molecule has 0 unspecified atom stereocenters. The van der Waals surface area contributed by atoms with E-state index in [2.05, 4.69) is 29.0 Å². The van der Waals surface area contributed by atoms with Crippen molar-refractivity contribution in [2.24, 2.45) is 11.8 Å². The van der Waals surface area contributed by atoms with Crippen LogP contribution in [0.1, 0.15) is 127 Å². The van der Waals surface area contributed by atoms with E-state index >= 15 is 0 Å². The van der Waals surface area contributed by atoms with E-state index in [4.69, 9.17) is 4.74 Å². The quantitative estimate of drug-likeness (QED) is 0.305. The van der Waals surface area contributed by atoms with E-state index in [1.807, 2.05) is 61.5 Å². The Morgan fingerprint density at radius 3 is 1.35 bits per heavy atom. The third-order valence-corrected chi connectivity index (χ3v) is 13.6. The van der Waals surface area contributed by atoms with Gasteiger partial charge in [-0.1, -0.05) is 28.7 Å². The number of ether oxygens (including phenoxy) is 1. The Bertz CT molecular complexity index is 1210. The normalized spacial score (nSPS) is 30.4. The molecule has 1 N–H and O–H groups in total. The first-order valence-corrected chi connectivity index (χ1v) is 21.3. The van der Waals surface area contributed by atoms with Crippen LogP contribution in [0.2, 0.25) is 0 Å². The molecule has 2 aliphatic carbocycles. The highest BCUT2D eigenvalue weighted by Gasteiger charge is 2.39. The number of carbonyl (C=O) groups is 3. The number of likely N-dealkylation sites (tertiary alicyclic amines) is 4. The zero-order chi connectivity index (χ0) is 38.4. The van der Waals surface area contributed by atoms with Crippen molar-refractivity contribution in [3.05, 3.63) is 0 Å². The van der Waals surface area contributed by atoms with Crippen LogP contribution in [0.3, 0.4) is 0 Å². The molecule has 4 saturated heterocycles. The van der Waals surface area contributed by atoms with Gasteiger partial charge in [0.1, 0.15) is 5.60 Å². The van der Waals surface area contributed by atoms with Gasteiger partial charge < -0.3 is 34.6 Å². The van der Waals surface area contributed by atoms with Crippen molar-refractivity contribution in [3.63, 3.8) is 0 Å². The molecule has 0 spiro atoms. The average Bonchev–Trinajstić information content (AvgIpc) is 3.97. The Balaban J connectivity index is 0.000000547. The second-order valence-electron chi connectivity index (χ2n) is 18.7. The second kappa shape index (κ2) is 24.0. The molecule has 336 valence electrons. The first-order valence-electron chi connectivity index (χ1n) is 21.3. The largest absolute Gasteiger partial charge is 0.444 e. The van der Waals surface area contributed by atoms with E-state index in [-0.39, 0.29) is 66.0 Å².